The van der Waals surface area contributed by atoms with Crippen LogP contribution >= 0.6 is 0 Å². The highest BCUT2D eigenvalue weighted by Crippen LogP contribution is 2.11. The summed E-state index contributed by atoms with van der Waals surface area (Å²) >= 11 is 0. The van der Waals surface area contributed by atoms with Crippen molar-refractivity contribution in [2.45, 2.75) is 6.61 Å². The lowest BCUT2D eigenvalue weighted by molar-refractivity contribution is 0.0691. The van der Waals surface area contributed by atoms with E-state index < -0.39 is 11.8 Å². The summed E-state index contributed by atoms with van der Waals surface area (Å²) < 4.78 is 18.6. The van der Waals surface area contributed by atoms with E-state index in [4.69, 9.17) is 9.84 Å². The van der Waals surface area contributed by atoms with Gasteiger partial charge in [-0.05, 0) is 23.3 Å². The number of carboxylic acids is 1. The van der Waals surface area contributed by atoms with Gasteiger partial charge >= 0.3 is 5.97 Å². The number of hydrogen-bond donors (Lipinski definition) is 1. The molecule has 0 radical (unpaired) electrons. The van der Waals surface area contributed by atoms with Crippen molar-refractivity contribution in [3.63, 3.8) is 0 Å². The van der Waals surface area contributed by atoms with Gasteiger partial charge in [0.05, 0.1) is 18.8 Å². The van der Waals surface area contributed by atoms with Crippen LogP contribution in [0, 0.1) is 5.82 Å². The number of aromatic carboxylic acids is 1. The summed E-state index contributed by atoms with van der Waals surface area (Å²) in [6, 6.07) is 13.8. The fourth-order valence-electron chi connectivity index (χ4n) is 1.82. The Morgan fingerprint density at radius 2 is 1.95 bits per heavy atom. The average molecular weight is 286 g/mol. The van der Waals surface area contributed by atoms with Crippen LogP contribution in [0.3, 0.4) is 0 Å². The Kier molecular flexibility index (Phi) is 5.23. The molecule has 21 heavy (non-hydrogen) atoms. The van der Waals surface area contributed by atoms with Crippen LogP contribution in [-0.2, 0) is 11.3 Å². The van der Waals surface area contributed by atoms with Crippen molar-refractivity contribution in [1.29, 1.82) is 0 Å². The molecule has 0 fully saturated rings. The van der Waals surface area contributed by atoms with Crippen LogP contribution in [0.25, 0.3) is 6.08 Å². The molecule has 2 aromatic carbocycles. The third-order valence-electron chi connectivity index (χ3n) is 2.85. The van der Waals surface area contributed by atoms with Crippen molar-refractivity contribution < 1.29 is 19.0 Å². The SMILES string of the molecule is O=C(O)c1cc(COC/C=C/c2ccccc2)ccc1F. The van der Waals surface area contributed by atoms with Gasteiger partial charge in [0.15, 0.2) is 0 Å². The second-order valence-corrected chi connectivity index (χ2v) is 4.45. The molecule has 0 atom stereocenters. The zero-order valence-corrected chi connectivity index (χ0v) is 11.3. The van der Waals surface area contributed by atoms with E-state index in [2.05, 4.69) is 0 Å². The van der Waals surface area contributed by atoms with Gasteiger partial charge in [-0.1, -0.05) is 48.6 Å². The molecule has 0 unspecified atom stereocenters. The second-order valence-electron chi connectivity index (χ2n) is 4.45. The summed E-state index contributed by atoms with van der Waals surface area (Å²) in [6.45, 7) is 0.633. The van der Waals surface area contributed by atoms with Gasteiger partial charge < -0.3 is 9.84 Å². The third-order valence-corrected chi connectivity index (χ3v) is 2.85. The fourth-order valence-corrected chi connectivity index (χ4v) is 1.82. The van der Waals surface area contributed by atoms with E-state index in [1.807, 2.05) is 42.5 Å². The number of carbonyl (C=O) groups is 1. The van der Waals surface area contributed by atoms with Gasteiger partial charge in [0, 0.05) is 0 Å². The highest BCUT2D eigenvalue weighted by molar-refractivity contribution is 5.88. The molecule has 108 valence electrons. The Bertz CT molecular complexity index is 636. The van der Waals surface area contributed by atoms with E-state index in [-0.39, 0.29) is 12.2 Å². The number of ether oxygens (including phenoxy) is 1. The van der Waals surface area contributed by atoms with Crippen molar-refractivity contribution in [1.82, 2.24) is 0 Å². The molecule has 0 amide bonds. The predicted molar refractivity (Wildman–Crippen MR) is 78.5 cm³/mol. The van der Waals surface area contributed by atoms with Crippen LogP contribution in [0.4, 0.5) is 4.39 Å². The van der Waals surface area contributed by atoms with Crippen molar-refractivity contribution in [3.8, 4) is 0 Å². The molecule has 3 nitrogen and oxygen atoms in total. The Hall–Kier alpha value is -2.46. The molecule has 0 aromatic heterocycles. The molecule has 0 bridgehead atoms. The maximum Gasteiger partial charge on any atom is 0.338 e. The number of benzene rings is 2. The Morgan fingerprint density at radius 3 is 2.67 bits per heavy atom. The quantitative estimate of drug-likeness (QED) is 0.823. The molecular weight excluding hydrogens is 271 g/mol. The summed E-state index contributed by atoms with van der Waals surface area (Å²) in [6.07, 6.45) is 3.81. The molecule has 0 aliphatic heterocycles. The second kappa shape index (κ2) is 7.36. The molecule has 0 heterocycles. The lowest BCUT2D eigenvalue weighted by Crippen LogP contribution is -2.02. The summed E-state index contributed by atoms with van der Waals surface area (Å²) in [7, 11) is 0. The monoisotopic (exact) mass is 286 g/mol. The largest absolute Gasteiger partial charge is 0.478 e. The molecule has 0 aliphatic carbocycles. The molecule has 0 spiro atoms. The van der Waals surface area contributed by atoms with Gasteiger partial charge in [-0.15, -0.1) is 0 Å². The summed E-state index contributed by atoms with van der Waals surface area (Å²) in [5, 5.41) is 8.83. The van der Waals surface area contributed by atoms with Crippen molar-refractivity contribution in [2.75, 3.05) is 6.61 Å². The van der Waals surface area contributed by atoms with E-state index >= 15 is 0 Å². The van der Waals surface area contributed by atoms with Crippen molar-refractivity contribution >= 4 is 12.0 Å². The normalized spacial score (nSPS) is 10.9. The zero-order chi connectivity index (χ0) is 15.1. The lowest BCUT2D eigenvalue weighted by atomic mass is 10.1. The van der Waals surface area contributed by atoms with Crippen LogP contribution < -0.4 is 0 Å². The lowest BCUT2D eigenvalue weighted by Gasteiger charge is -2.04. The number of rotatable bonds is 6. The molecule has 2 rings (SSSR count). The first-order valence-corrected chi connectivity index (χ1v) is 6.48. The zero-order valence-electron chi connectivity index (χ0n) is 11.3. The molecule has 0 aliphatic rings. The first-order chi connectivity index (χ1) is 10.2. The van der Waals surface area contributed by atoms with E-state index in [0.717, 1.165) is 11.6 Å². The molecule has 0 saturated heterocycles. The highest BCUT2D eigenvalue weighted by Gasteiger charge is 2.10. The van der Waals surface area contributed by atoms with Gasteiger partial charge in [-0.3, -0.25) is 0 Å². The first-order valence-electron chi connectivity index (χ1n) is 6.48. The van der Waals surface area contributed by atoms with Crippen LogP contribution in [0.1, 0.15) is 21.5 Å². The molecule has 1 N–H and O–H groups in total. The third kappa shape index (κ3) is 4.54. The Morgan fingerprint density at radius 1 is 1.19 bits per heavy atom. The molecular formula is C17H15FO3. The smallest absolute Gasteiger partial charge is 0.338 e. The molecule has 4 heteroatoms. The number of carboxylic acid groups (broad SMARTS) is 1. The van der Waals surface area contributed by atoms with Gasteiger partial charge in [0.2, 0.25) is 0 Å². The topological polar surface area (TPSA) is 46.5 Å². The minimum absolute atomic E-state index is 0.236. The molecule has 2 aromatic rings. The van der Waals surface area contributed by atoms with Crippen LogP contribution in [0.2, 0.25) is 0 Å². The molecule has 0 saturated carbocycles. The maximum absolute atomic E-state index is 13.2. The first kappa shape index (κ1) is 14.9. The van der Waals surface area contributed by atoms with E-state index in [1.54, 1.807) is 0 Å². The fraction of sp³-hybridized carbons (Fsp3) is 0.118. The van der Waals surface area contributed by atoms with E-state index in [1.165, 1.54) is 12.1 Å². The number of hydrogen-bond acceptors (Lipinski definition) is 2. The number of halogens is 1. The average Bonchev–Trinajstić information content (AvgIpc) is 2.49. The maximum atomic E-state index is 13.2. The summed E-state index contributed by atoms with van der Waals surface area (Å²) in [5.74, 6) is -2.02. The van der Waals surface area contributed by atoms with Crippen LogP contribution in [0.5, 0.6) is 0 Å². The summed E-state index contributed by atoms with van der Waals surface area (Å²) in [4.78, 5) is 10.8. The highest BCUT2D eigenvalue weighted by atomic mass is 19.1. The van der Waals surface area contributed by atoms with E-state index in [0.29, 0.717) is 12.2 Å². The van der Waals surface area contributed by atoms with E-state index in [9.17, 15) is 9.18 Å². The standard InChI is InChI=1S/C17H15FO3/c18-16-9-8-14(11-15(16)17(19)20)12-21-10-4-7-13-5-2-1-3-6-13/h1-9,11H,10,12H2,(H,19,20)/b7-4+. The van der Waals surface area contributed by atoms with Crippen molar-refractivity contribution in [2.24, 2.45) is 0 Å². The van der Waals surface area contributed by atoms with Gasteiger partial charge in [0.25, 0.3) is 0 Å². The Balaban J connectivity index is 1.85. The van der Waals surface area contributed by atoms with Gasteiger partial charge in [-0.25, -0.2) is 9.18 Å². The minimum Gasteiger partial charge on any atom is -0.478 e. The van der Waals surface area contributed by atoms with Gasteiger partial charge in [-0.2, -0.15) is 0 Å². The Labute approximate surface area is 122 Å². The van der Waals surface area contributed by atoms with Crippen molar-refractivity contribution in [3.05, 3.63) is 77.1 Å². The predicted octanol–water partition coefficient (Wildman–Crippen LogP) is 3.75. The van der Waals surface area contributed by atoms with Crippen LogP contribution in [0.15, 0.2) is 54.6 Å². The van der Waals surface area contributed by atoms with Gasteiger partial charge in [0.1, 0.15) is 5.82 Å². The van der Waals surface area contributed by atoms with Crippen LogP contribution in [-0.4, -0.2) is 17.7 Å². The minimum atomic E-state index is -1.28. The summed E-state index contributed by atoms with van der Waals surface area (Å²) in [5.41, 5.74) is 1.37.